The highest BCUT2D eigenvalue weighted by Crippen LogP contribution is 2.43. The molecule has 0 spiro atoms. The minimum Gasteiger partial charge on any atom is -0.387 e. The molecule has 3 atom stereocenters. The van der Waals surface area contributed by atoms with E-state index in [9.17, 15) is 19.4 Å². The van der Waals surface area contributed by atoms with Crippen LogP contribution >= 0.6 is 7.82 Å². The van der Waals surface area contributed by atoms with Gasteiger partial charge in [0.15, 0.2) is 0 Å². The van der Waals surface area contributed by atoms with Crippen LogP contribution in [-0.2, 0) is 18.4 Å². The average molecular weight is 956 g/mol. The highest BCUT2D eigenvalue weighted by molar-refractivity contribution is 7.47. The van der Waals surface area contributed by atoms with E-state index in [2.05, 4.69) is 104 Å². The fourth-order valence-corrected chi connectivity index (χ4v) is 8.03. The van der Waals surface area contributed by atoms with Gasteiger partial charge >= 0.3 is 7.82 Å². The molecule has 9 heteroatoms. The monoisotopic (exact) mass is 956 g/mol. The molecule has 0 aliphatic heterocycles. The number of phosphoric acid groups is 1. The van der Waals surface area contributed by atoms with E-state index >= 15 is 0 Å². The Morgan fingerprint density at radius 1 is 0.522 bits per heavy atom. The van der Waals surface area contributed by atoms with Crippen molar-refractivity contribution >= 4 is 13.7 Å². The number of carbonyl (C=O) groups excluding carboxylic acids is 1. The van der Waals surface area contributed by atoms with Gasteiger partial charge in [-0.1, -0.05) is 220 Å². The first kappa shape index (κ1) is 64.4. The number of rotatable bonds is 48. The van der Waals surface area contributed by atoms with E-state index in [1.807, 2.05) is 27.2 Å². The van der Waals surface area contributed by atoms with E-state index in [1.54, 1.807) is 6.08 Å². The zero-order valence-electron chi connectivity index (χ0n) is 43.9. The molecule has 3 N–H and O–H groups in total. The van der Waals surface area contributed by atoms with Crippen LogP contribution in [0.2, 0.25) is 0 Å². The van der Waals surface area contributed by atoms with E-state index in [4.69, 9.17) is 9.05 Å². The number of amides is 1. The number of allylic oxidation sites excluding steroid dienone is 15. The van der Waals surface area contributed by atoms with Gasteiger partial charge in [0.2, 0.25) is 5.91 Å². The fourth-order valence-electron chi connectivity index (χ4n) is 7.30. The number of unbranched alkanes of at least 4 members (excludes halogenated alkanes) is 21. The summed E-state index contributed by atoms with van der Waals surface area (Å²) in [6.07, 6.45) is 69.2. The Kier molecular flexibility index (Phi) is 46.6. The quantitative estimate of drug-likeness (QED) is 0.0243. The van der Waals surface area contributed by atoms with E-state index in [0.29, 0.717) is 17.4 Å². The molecule has 0 aliphatic carbocycles. The smallest absolute Gasteiger partial charge is 0.387 e. The minimum atomic E-state index is -4.36. The number of likely N-dealkylation sites (N-methyl/N-ethyl adjacent to an activating group) is 1. The standard InChI is InChI=1S/C58H103N2O6P/c1-6-8-10-12-14-16-18-20-22-24-26-28-29-30-31-32-34-36-38-40-42-44-46-48-50-52-58(62)59-56(55-66-67(63,64)65-54-53-60(3,4)5)57(61)51-49-47-45-43-41-39-37-35-33-27-25-23-21-19-17-15-13-11-9-7-2/h8,10,14,16,20,22,26,28,30-31,34,36,41,43,49,51,56-57,61H,6-7,9,11-13,15,17-19,21,23-25,27,29,32-33,35,37-40,42,44-48,50,52-55H2,1-5H3,(H-,59,62,63,64)/p+1/b10-8-,16-14-,22-20-,28-26-,31-30-,36-34-,43-41+,51-49+. The lowest BCUT2D eigenvalue weighted by atomic mass is 10.0. The maximum Gasteiger partial charge on any atom is 0.472 e. The van der Waals surface area contributed by atoms with Gasteiger partial charge in [0.05, 0.1) is 39.9 Å². The number of hydrogen-bond donors (Lipinski definition) is 3. The van der Waals surface area contributed by atoms with Crippen molar-refractivity contribution < 1.29 is 32.9 Å². The molecule has 67 heavy (non-hydrogen) atoms. The molecule has 0 saturated heterocycles. The summed E-state index contributed by atoms with van der Waals surface area (Å²) in [5.41, 5.74) is 0. The van der Waals surface area contributed by atoms with Gasteiger partial charge in [0.25, 0.3) is 0 Å². The van der Waals surface area contributed by atoms with Crippen LogP contribution in [0.4, 0.5) is 0 Å². The molecule has 0 heterocycles. The first-order chi connectivity index (χ1) is 32.5. The third kappa shape index (κ3) is 51.1. The van der Waals surface area contributed by atoms with E-state index in [0.717, 1.165) is 89.9 Å². The van der Waals surface area contributed by atoms with Crippen LogP contribution < -0.4 is 5.32 Å². The number of aliphatic hydroxyl groups is 1. The molecule has 0 bridgehead atoms. The third-order valence-corrected chi connectivity index (χ3v) is 12.5. The molecule has 0 aromatic carbocycles. The summed E-state index contributed by atoms with van der Waals surface area (Å²) in [4.78, 5) is 23.3. The number of phosphoric ester groups is 1. The van der Waals surface area contributed by atoms with Gasteiger partial charge in [0, 0.05) is 6.42 Å². The minimum absolute atomic E-state index is 0.0478. The van der Waals surface area contributed by atoms with Crippen LogP contribution in [0, 0.1) is 0 Å². The molecule has 0 fully saturated rings. The van der Waals surface area contributed by atoms with Gasteiger partial charge in [0.1, 0.15) is 13.2 Å². The summed E-state index contributed by atoms with van der Waals surface area (Å²) in [5, 5.41) is 13.9. The Morgan fingerprint density at radius 3 is 1.37 bits per heavy atom. The van der Waals surface area contributed by atoms with Crippen molar-refractivity contribution in [2.45, 2.75) is 225 Å². The Hall–Kier alpha value is -2.58. The van der Waals surface area contributed by atoms with Crippen molar-refractivity contribution in [2.24, 2.45) is 0 Å². The predicted molar refractivity (Wildman–Crippen MR) is 290 cm³/mol. The van der Waals surface area contributed by atoms with Gasteiger partial charge in [-0.05, 0) is 83.5 Å². The van der Waals surface area contributed by atoms with Crippen LogP contribution in [0.15, 0.2) is 97.2 Å². The Morgan fingerprint density at radius 2 is 0.910 bits per heavy atom. The molecule has 386 valence electrons. The van der Waals surface area contributed by atoms with Crippen molar-refractivity contribution in [1.29, 1.82) is 0 Å². The maximum atomic E-state index is 13.0. The first-order valence-corrected chi connectivity index (χ1v) is 28.6. The summed E-state index contributed by atoms with van der Waals surface area (Å²) < 4.78 is 23.7. The first-order valence-electron chi connectivity index (χ1n) is 27.1. The lowest BCUT2D eigenvalue weighted by Gasteiger charge is -2.25. The molecular formula is C58H104N2O6P+. The molecule has 0 aromatic heterocycles. The maximum absolute atomic E-state index is 13.0. The van der Waals surface area contributed by atoms with Crippen molar-refractivity contribution in [3.63, 3.8) is 0 Å². The zero-order valence-corrected chi connectivity index (χ0v) is 44.8. The molecule has 1 amide bonds. The van der Waals surface area contributed by atoms with E-state index in [-0.39, 0.29) is 19.1 Å². The van der Waals surface area contributed by atoms with Crippen LogP contribution in [0.5, 0.6) is 0 Å². The average Bonchev–Trinajstić information content (AvgIpc) is 3.29. The number of nitrogens with zero attached hydrogens (tertiary/aromatic N) is 1. The van der Waals surface area contributed by atoms with Crippen LogP contribution in [0.1, 0.15) is 213 Å². The molecule has 0 aromatic rings. The molecule has 3 unspecified atom stereocenters. The van der Waals surface area contributed by atoms with E-state index in [1.165, 1.54) is 103 Å². The number of quaternary nitrogens is 1. The normalized spacial score (nSPS) is 14.8. The van der Waals surface area contributed by atoms with Gasteiger partial charge in [-0.25, -0.2) is 4.57 Å². The van der Waals surface area contributed by atoms with Gasteiger partial charge in [-0.15, -0.1) is 0 Å². The molecule has 0 rings (SSSR count). The lowest BCUT2D eigenvalue weighted by molar-refractivity contribution is -0.870. The molecule has 0 aliphatic rings. The second-order valence-corrected chi connectivity index (χ2v) is 20.7. The van der Waals surface area contributed by atoms with Crippen LogP contribution in [0.25, 0.3) is 0 Å². The molecule has 0 saturated carbocycles. The molecular weight excluding hydrogens is 852 g/mol. The number of carbonyl (C=O) groups is 1. The Balaban J connectivity index is 4.38. The van der Waals surface area contributed by atoms with Crippen LogP contribution in [-0.4, -0.2) is 73.4 Å². The Labute approximate surface area is 413 Å². The summed E-state index contributed by atoms with van der Waals surface area (Å²) in [6, 6.07) is -0.879. The summed E-state index contributed by atoms with van der Waals surface area (Å²) in [6.45, 7) is 4.66. The SMILES string of the molecule is CC/C=C\C/C=C\C/C=C\C/C=C\C/C=C\C/C=C\CCCCCCCCC(=O)NC(COP(=O)(O)OCC[N+](C)(C)C)C(O)/C=C/CC/C=C/CCCCCCCCCCCCCCCC. The highest BCUT2D eigenvalue weighted by atomic mass is 31.2. The summed E-state index contributed by atoms with van der Waals surface area (Å²) in [5.74, 6) is -0.205. The molecule has 0 radical (unpaired) electrons. The van der Waals surface area contributed by atoms with Crippen LogP contribution in [0.3, 0.4) is 0 Å². The predicted octanol–water partition coefficient (Wildman–Crippen LogP) is 16.3. The van der Waals surface area contributed by atoms with Crippen molar-refractivity contribution in [2.75, 3.05) is 40.9 Å². The van der Waals surface area contributed by atoms with E-state index < -0.39 is 20.0 Å². The number of hydrogen-bond acceptors (Lipinski definition) is 5. The lowest BCUT2D eigenvalue weighted by Crippen LogP contribution is -2.45. The van der Waals surface area contributed by atoms with Crippen molar-refractivity contribution in [3.8, 4) is 0 Å². The van der Waals surface area contributed by atoms with Crippen molar-refractivity contribution in [1.82, 2.24) is 5.32 Å². The largest absolute Gasteiger partial charge is 0.472 e. The fraction of sp³-hybridized carbons (Fsp3) is 0.707. The Bertz CT molecular complexity index is 1410. The zero-order chi connectivity index (χ0) is 49.2. The summed E-state index contributed by atoms with van der Waals surface area (Å²) in [7, 11) is 1.53. The molecule has 8 nitrogen and oxygen atoms in total. The van der Waals surface area contributed by atoms with Gasteiger partial charge in [-0.3, -0.25) is 13.8 Å². The van der Waals surface area contributed by atoms with Gasteiger partial charge in [-0.2, -0.15) is 0 Å². The second-order valence-electron chi connectivity index (χ2n) is 19.2. The third-order valence-electron chi connectivity index (χ3n) is 11.5. The number of nitrogens with one attached hydrogen (secondary N) is 1. The highest BCUT2D eigenvalue weighted by Gasteiger charge is 2.27. The van der Waals surface area contributed by atoms with Gasteiger partial charge < -0.3 is 19.8 Å². The summed E-state index contributed by atoms with van der Waals surface area (Å²) >= 11 is 0. The topological polar surface area (TPSA) is 105 Å². The number of aliphatic hydroxyl groups excluding tert-OH is 1. The van der Waals surface area contributed by atoms with Crippen molar-refractivity contribution in [3.05, 3.63) is 97.2 Å². The second kappa shape index (κ2) is 48.4.